The Labute approximate surface area is 137 Å². The number of hydrogen-bond acceptors (Lipinski definition) is 2. The number of nitrogens with one attached hydrogen (secondary N) is 1. The van der Waals surface area contributed by atoms with E-state index in [1.54, 1.807) is 0 Å². The zero-order valence-corrected chi connectivity index (χ0v) is 13.7. The number of fused-ring (bicyclic) bond motifs is 1. The zero-order chi connectivity index (χ0) is 12.5. The van der Waals surface area contributed by atoms with Gasteiger partial charge in [-0.05, 0) is 35.9 Å². The number of anilines is 1. The van der Waals surface area contributed by atoms with Gasteiger partial charge in [0, 0.05) is 16.6 Å². The van der Waals surface area contributed by atoms with E-state index in [1.165, 1.54) is 5.56 Å². The Kier molecular flexibility index (Phi) is 5.87. The molecule has 1 heterocycles. The van der Waals surface area contributed by atoms with Crippen LogP contribution in [-0.2, 0) is 6.42 Å². The summed E-state index contributed by atoms with van der Waals surface area (Å²) in [4.78, 5) is 7.89. The third kappa shape index (κ3) is 3.66. The Balaban J connectivity index is 0.000001000. The van der Waals surface area contributed by atoms with Gasteiger partial charge in [-0.2, -0.15) is 0 Å². The Morgan fingerprint density at radius 2 is 1.75 bits per heavy atom. The molecule has 0 aliphatic carbocycles. The number of aromatic nitrogens is 2. The number of aromatic amines is 1. The number of hydrogen-bond donors (Lipinski definition) is 2. The van der Waals surface area contributed by atoms with Crippen molar-refractivity contribution in [2.75, 3.05) is 5.73 Å². The van der Waals surface area contributed by atoms with E-state index < -0.39 is 0 Å². The first-order chi connectivity index (χ1) is 8.70. The quantitative estimate of drug-likeness (QED) is 0.655. The van der Waals surface area contributed by atoms with Crippen molar-refractivity contribution >= 4 is 57.5 Å². The van der Waals surface area contributed by atoms with Crippen LogP contribution in [0.5, 0.6) is 0 Å². The SMILES string of the molecule is Cl.Cl.Nc1ccc(Cc2nc3ccc(Br)cc3[nH]2)cc1. The third-order valence-electron chi connectivity index (χ3n) is 2.84. The van der Waals surface area contributed by atoms with Crippen molar-refractivity contribution in [2.24, 2.45) is 0 Å². The van der Waals surface area contributed by atoms with E-state index in [2.05, 4.69) is 25.9 Å². The van der Waals surface area contributed by atoms with Gasteiger partial charge in [-0.15, -0.1) is 24.8 Å². The Bertz CT molecular complexity index is 695. The average Bonchev–Trinajstić information content (AvgIpc) is 2.73. The van der Waals surface area contributed by atoms with Crippen LogP contribution in [0.2, 0.25) is 0 Å². The van der Waals surface area contributed by atoms with Gasteiger partial charge in [-0.25, -0.2) is 4.98 Å². The molecule has 0 unspecified atom stereocenters. The van der Waals surface area contributed by atoms with Crippen LogP contribution in [0.3, 0.4) is 0 Å². The minimum atomic E-state index is 0. The smallest absolute Gasteiger partial charge is 0.111 e. The first-order valence-electron chi connectivity index (χ1n) is 5.69. The predicted octanol–water partition coefficient (Wildman–Crippen LogP) is 4.34. The molecule has 0 amide bonds. The van der Waals surface area contributed by atoms with Gasteiger partial charge in [0.05, 0.1) is 11.0 Å². The highest BCUT2D eigenvalue weighted by molar-refractivity contribution is 9.10. The minimum absolute atomic E-state index is 0. The molecule has 0 aliphatic rings. The molecule has 0 atom stereocenters. The topological polar surface area (TPSA) is 54.7 Å². The fraction of sp³-hybridized carbons (Fsp3) is 0.0714. The molecule has 3 rings (SSSR count). The first-order valence-corrected chi connectivity index (χ1v) is 6.48. The van der Waals surface area contributed by atoms with E-state index in [0.717, 1.165) is 33.4 Å². The molecule has 6 heteroatoms. The molecule has 0 saturated heterocycles. The van der Waals surface area contributed by atoms with Crippen LogP contribution in [0.1, 0.15) is 11.4 Å². The van der Waals surface area contributed by atoms with Crippen molar-refractivity contribution in [1.82, 2.24) is 9.97 Å². The van der Waals surface area contributed by atoms with Crippen LogP contribution < -0.4 is 5.73 Å². The van der Waals surface area contributed by atoms with Crippen molar-refractivity contribution in [3.05, 3.63) is 58.3 Å². The van der Waals surface area contributed by atoms with Crippen LogP contribution in [0.25, 0.3) is 11.0 Å². The molecule has 3 aromatic rings. The van der Waals surface area contributed by atoms with Gasteiger partial charge in [0.2, 0.25) is 0 Å². The molecule has 0 spiro atoms. The van der Waals surface area contributed by atoms with Gasteiger partial charge in [0.15, 0.2) is 0 Å². The minimum Gasteiger partial charge on any atom is -0.399 e. The number of nitrogen functional groups attached to an aromatic ring is 1. The van der Waals surface area contributed by atoms with E-state index >= 15 is 0 Å². The second-order valence-electron chi connectivity index (χ2n) is 4.26. The molecule has 0 radical (unpaired) electrons. The number of nitrogens with zero attached hydrogens (tertiary/aromatic N) is 1. The molecule has 0 saturated carbocycles. The maximum Gasteiger partial charge on any atom is 0.111 e. The van der Waals surface area contributed by atoms with Crippen LogP contribution in [0.4, 0.5) is 5.69 Å². The third-order valence-corrected chi connectivity index (χ3v) is 3.34. The standard InChI is InChI=1S/C14H12BrN3.2ClH/c15-10-3-6-12-13(8-10)18-14(17-12)7-9-1-4-11(16)5-2-9;;/h1-6,8H,7,16H2,(H,17,18);2*1H. The van der Waals surface area contributed by atoms with Gasteiger partial charge in [-0.3, -0.25) is 0 Å². The number of imidazole rings is 1. The number of rotatable bonds is 2. The van der Waals surface area contributed by atoms with Crippen LogP contribution in [-0.4, -0.2) is 9.97 Å². The molecular formula is C14H14BrCl2N3. The Morgan fingerprint density at radius 1 is 1.05 bits per heavy atom. The summed E-state index contributed by atoms with van der Waals surface area (Å²) in [5.74, 6) is 0.966. The monoisotopic (exact) mass is 373 g/mol. The molecule has 20 heavy (non-hydrogen) atoms. The van der Waals surface area contributed by atoms with Gasteiger partial charge in [0.25, 0.3) is 0 Å². The molecular weight excluding hydrogens is 361 g/mol. The number of halogens is 3. The van der Waals surface area contributed by atoms with Crippen LogP contribution in [0, 0.1) is 0 Å². The zero-order valence-electron chi connectivity index (χ0n) is 10.5. The van der Waals surface area contributed by atoms with E-state index in [1.807, 2.05) is 42.5 Å². The van der Waals surface area contributed by atoms with E-state index in [0.29, 0.717) is 0 Å². The fourth-order valence-electron chi connectivity index (χ4n) is 1.95. The maximum atomic E-state index is 5.67. The summed E-state index contributed by atoms with van der Waals surface area (Å²) in [5.41, 5.74) is 9.69. The summed E-state index contributed by atoms with van der Waals surface area (Å²) in [6, 6.07) is 13.9. The van der Waals surface area contributed by atoms with Crippen molar-refractivity contribution in [1.29, 1.82) is 0 Å². The van der Waals surface area contributed by atoms with Crippen molar-refractivity contribution in [3.8, 4) is 0 Å². The van der Waals surface area contributed by atoms with Crippen molar-refractivity contribution in [2.45, 2.75) is 6.42 Å². The lowest BCUT2D eigenvalue weighted by atomic mass is 10.1. The summed E-state index contributed by atoms with van der Waals surface area (Å²) < 4.78 is 1.05. The normalized spacial score (nSPS) is 9.85. The number of benzene rings is 2. The van der Waals surface area contributed by atoms with E-state index in [4.69, 9.17) is 5.73 Å². The summed E-state index contributed by atoms with van der Waals surface area (Å²) in [6.07, 6.45) is 0.784. The van der Waals surface area contributed by atoms with Crippen molar-refractivity contribution < 1.29 is 0 Å². The molecule has 3 N–H and O–H groups in total. The summed E-state index contributed by atoms with van der Waals surface area (Å²) in [7, 11) is 0. The summed E-state index contributed by atoms with van der Waals surface area (Å²) >= 11 is 3.45. The maximum absolute atomic E-state index is 5.67. The highest BCUT2D eigenvalue weighted by atomic mass is 79.9. The highest BCUT2D eigenvalue weighted by Gasteiger charge is 2.04. The molecule has 0 bridgehead atoms. The average molecular weight is 375 g/mol. The second kappa shape index (κ2) is 6.97. The largest absolute Gasteiger partial charge is 0.399 e. The lowest BCUT2D eigenvalue weighted by Gasteiger charge is -1.98. The van der Waals surface area contributed by atoms with Crippen LogP contribution in [0.15, 0.2) is 46.9 Å². The van der Waals surface area contributed by atoms with Gasteiger partial charge >= 0.3 is 0 Å². The summed E-state index contributed by atoms with van der Waals surface area (Å²) in [6.45, 7) is 0. The summed E-state index contributed by atoms with van der Waals surface area (Å²) in [5, 5.41) is 0. The van der Waals surface area contributed by atoms with Crippen molar-refractivity contribution in [3.63, 3.8) is 0 Å². The lowest BCUT2D eigenvalue weighted by Crippen LogP contribution is -1.91. The van der Waals surface area contributed by atoms with Gasteiger partial charge in [0.1, 0.15) is 5.82 Å². The Morgan fingerprint density at radius 3 is 2.45 bits per heavy atom. The van der Waals surface area contributed by atoms with E-state index in [9.17, 15) is 0 Å². The molecule has 0 fully saturated rings. The highest BCUT2D eigenvalue weighted by Crippen LogP contribution is 2.19. The first kappa shape index (κ1) is 16.8. The predicted molar refractivity (Wildman–Crippen MR) is 92.0 cm³/mol. The number of H-pyrrole nitrogens is 1. The fourth-order valence-corrected chi connectivity index (χ4v) is 2.31. The van der Waals surface area contributed by atoms with Crippen LogP contribution >= 0.6 is 40.7 Å². The molecule has 3 nitrogen and oxygen atoms in total. The molecule has 2 aromatic carbocycles. The molecule has 1 aromatic heterocycles. The molecule has 106 valence electrons. The Hall–Kier alpha value is -1.23. The second-order valence-corrected chi connectivity index (χ2v) is 5.18. The van der Waals surface area contributed by atoms with E-state index in [-0.39, 0.29) is 24.8 Å². The molecule has 0 aliphatic heterocycles. The van der Waals surface area contributed by atoms with Gasteiger partial charge in [-0.1, -0.05) is 28.1 Å². The van der Waals surface area contributed by atoms with Gasteiger partial charge < -0.3 is 10.7 Å². The number of nitrogens with two attached hydrogens (primary N) is 1. The lowest BCUT2D eigenvalue weighted by molar-refractivity contribution is 1.04.